The van der Waals surface area contributed by atoms with Crippen LogP contribution in [0.4, 0.5) is 0 Å². The van der Waals surface area contributed by atoms with E-state index in [9.17, 15) is 0 Å². The van der Waals surface area contributed by atoms with E-state index in [-0.39, 0.29) is 5.54 Å². The van der Waals surface area contributed by atoms with Gasteiger partial charge >= 0.3 is 0 Å². The summed E-state index contributed by atoms with van der Waals surface area (Å²) in [5.74, 6) is 0. The fraction of sp³-hybridized carbons (Fsp3) is 0.727. The summed E-state index contributed by atoms with van der Waals surface area (Å²) in [4.78, 5) is 2.46. The van der Waals surface area contributed by atoms with E-state index in [1.807, 2.05) is 10.9 Å². The van der Waals surface area contributed by atoms with Crippen LogP contribution in [0, 0.1) is 0 Å². The molecule has 2 rings (SSSR count). The van der Waals surface area contributed by atoms with Crippen molar-refractivity contribution in [1.29, 1.82) is 0 Å². The smallest absolute Gasteiger partial charge is 0.0773 e. The first kappa shape index (κ1) is 10.6. The van der Waals surface area contributed by atoms with E-state index >= 15 is 0 Å². The van der Waals surface area contributed by atoms with Gasteiger partial charge in [0, 0.05) is 36.9 Å². The van der Waals surface area contributed by atoms with Crippen molar-refractivity contribution in [3.63, 3.8) is 0 Å². The van der Waals surface area contributed by atoms with Gasteiger partial charge in [-0.1, -0.05) is 0 Å². The minimum Gasteiger partial charge on any atom is -0.326 e. The van der Waals surface area contributed by atoms with Crippen LogP contribution in [0.5, 0.6) is 0 Å². The molecule has 0 spiro atoms. The molecule has 2 N–H and O–H groups in total. The van der Waals surface area contributed by atoms with Gasteiger partial charge in [0.25, 0.3) is 0 Å². The lowest BCUT2D eigenvalue weighted by Crippen LogP contribution is -2.56. The Balaban J connectivity index is 1.94. The molecule has 4 nitrogen and oxygen atoms in total. The maximum Gasteiger partial charge on any atom is 0.0773 e. The van der Waals surface area contributed by atoms with Crippen molar-refractivity contribution >= 4 is 0 Å². The second-order valence-electron chi connectivity index (χ2n) is 5.26. The van der Waals surface area contributed by atoms with Gasteiger partial charge in [-0.15, -0.1) is 0 Å². The van der Waals surface area contributed by atoms with Gasteiger partial charge in [0.05, 0.1) is 12.2 Å². The molecule has 1 saturated heterocycles. The Hall–Kier alpha value is -0.870. The third kappa shape index (κ3) is 2.06. The first-order valence-corrected chi connectivity index (χ1v) is 5.49. The molecule has 1 aromatic rings. The first-order chi connectivity index (χ1) is 7.00. The first-order valence-electron chi connectivity index (χ1n) is 5.49. The van der Waals surface area contributed by atoms with Crippen molar-refractivity contribution in [3.05, 3.63) is 18.0 Å². The zero-order chi connectivity index (χ0) is 11.1. The minimum absolute atomic E-state index is 0.278. The summed E-state index contributed by atoms with van der Waals surface area (Å²) >= 11 is 0. The molecule has 0 radical (unpaired) electrons. The molecule has 15 heavy (non-hydrogen) atoms. The molecule has 4 heteroatoms. The third-order valence-corrected chi connectivity index (χ3v) is 3.08. The molecule has 1 aromatic heterocycles. The Bertz CT molecular complexity index is 331. The second-order valence-corrected chi connectivity index (χ2v) is 5.26. The average Bonchev–Trinajstić information content (AvgIpc) is 2.47. The minimum atomic E-state index is 0.278. The highest BCUT2D eigenvalue weighted by molar-refractivity contribution is 5.05. The maximum atomic E-state index is 5.56. The lowest BCUT2D eigenvalue weighted by atomic mass is 9.98. The Morgan fingerprint density at radius 1 is 1.47 bits per heavy atom. The van der Waals surface area contributed by atoms with Gasteiger partial charge in [0.15, 0.2) is 0 Å². The highest BCUT2D eigenvalue weighted by Gasteiger charge is 2.35. The number of nitrogens with zero attached hydrogens (tertiary/aromatic N) is 3. The largest absolute Gasteiger partial charge is 0.326 e. The van der Waals surface area contributed by atoms with Crippen LogP contribution in [0.25, 0.3) is 0 Å². The molecular weight excluding hydrogens is 188 g/mol. The summed E-state index contributed by atoms with van der Waals surface area (Å²) in [6.45, 7) is 9.51. The standard InChI is InChI=1S/C11H20N4/c1-11(2,3)14-7-10(8-14)15-6-9(4-12)5-13-15/h5-6,10H,4,7-8,12H2,1-3H3. The number of aromatic nitrogens is 2. The Kier molecular flexibility index (Phi) is 2.56. The molecule has 1 fully saturated rings. The van der Waals surface area contributed by atoms with Crippen LogP contribution in [0.15, 0.2) is 12.4 Å². The molecule has 0 aromatic carbocycles. The second kappa shape index (κ2) is 3.61. The van der Waals surface area contributed by atoms with Crippen LogP contribution in [0.3, 0.4) is 0 Å². The van der Waals surface area contributed by atoms with Crippen molar-refractivity contribution in [2.75, 3.05) is 13.1 Å². The van der Waals surface area contributed by atoms with Crippen molar-refractivity contribution in [2.24, 2.45) is 5.73 Å². The van der Waals surface area contributed by atoms with Crippen LogP contribution in [-0.4, -0.2) is 33.3 Å². The van der Waals surface area contributed by atoms with Crippen molar-refractivity contribution in [1.82, 2.24) is 14.7 Å². The Labute approximate surface area is 91.1 Å². The van der Waals surface area contributed by atoms with Crippen molar-refractivity contribution in [3.8, 4) is 0 Å². The topological polar surface area (TPSA) is 47.1 Å². The maximum absolute atomic E-state index is 5.56. The van der Waals surface area contributed by atoms with Gasteiger partial charge in [-0.2, -0.15) is 5.10 Å². The van der Waals surface area contributed by atoms with E-state index in [0.29, 0.717) is 12.6 Å². The van der Waals surface area contributed by atoms with Crippen molar-refractivity contribution in [2.45, 2.75) is 38.9 Å². The zero-order valence-corrected chi connectivity index (χ0v) is 9.77. The molecular formula is C11H20N4. The number of likely N-dealkylation sites (tertiary alicyclic amines) is 1. The van der Waals surface area contributed by atoms with E-state index < -0.39 is 0 Å². The molecule has 0 atom stereocenters. The van der Waals surface area contributed by atoms with Crippen LogP contribution >= 0.6 is 0 Å². The van der Waals surface area contributed by atoms with Crippen LogP contribution < -0.4 is 5.73 Å². The normalized spacial score (nSPS) is 19.2. The lowest BCUT2D eigenvalue weighted by Gasteiger charge is -2.47. The molecule has 1 aliphatic rings. The molecule has 0 saturated carbocycles. The predicted molar refractivity (Wildman–Crippen MR) is 60.5 cm³/mol. The number of rotatable bonds is 2. The average molecular weight is 208 g/mol. The Morgan fingerprint density at radius 3 is 2.60 bits per heavy atom. The summed E-state index contributed by atoms with van der Waals surface area (Å²) in [6.07, 6.45) is 3.92. The number of hydrogen-bond acceptors (Lipinski definition) is 3. The summed E-state index contributed by atoms with van der Waals surface area (Å²) in [6, 6.07) is 0.532. The van der Waals surface area contributed by atoms with E-state index in [4.69, 9.17) is 5.73 Å². The quantitative estimate of drug-likeness (QED) is 0.788. The fourth-order valence-corrected chi connectivity index (χ4v) is 1.85. The van der Waals surface area contributed by atoms with Gasteiger partial charge in [0.1, 0.15) is 0 Å². The van der Waals surface area contributed by atoms with E-state index in [1.54, 1.807) is 0 Å². The van der Waals surface area contributed by atoms with Gasteiger partial charge in [-0.05, 0) is 20.8 Å². The fourth-order valence-electron chi connectivity index (χ4n) is 1.85. The summed E-state index contributed by atoms with van der Waals surface area (Å²) in [5.41, 5.74) is 6.95. The zero-order valence-electron chi connectivity index (χ0n) is 9.77. The SMILES string of the molecule is CC(C)(C)N1CC(n2cc(CN)cn2)C1. The molecule has 0 amide bonds. The molecule has 0 aliphatic carbocycles. The van der Waals surface area contributed by atoms with Crippen LogP contribution in [-0.2, 0) is 6.54 Å². The van der Waals surface area contributed by atoms with Gasteiger partial charge < -0.3 is 5.73 Å². The van der Waals surface area contributed by atoms with Gasteiger partial charge in [0.2, 0.25) is 0 Å². The Morgan fingerprint density at radius 2 is 2.13 bits per heavy atom. The molecule has 0 bridgehead atoms. The highest BCUT2D eigenvalue weighted by atomic mass is 15.4. The van der Waals surface area contributed by atoms with Crippen molar-refractivity contribution < 1.29 is 0 Å². The van der Waals surface area contributed by atoms with E-state index in [1.165, 1.54) is 0 Å². The van der Waals surface area contributed by atoms with E-state index in [0.717, 1.165) is 18.7 Å². The number of hydrogen-bond donors (Lipinski definition) is 1. The van der Waals surface area contributed by atoms with Crippen LogP contribution in [0.1, 0.15) is 32.4 Å². The molecule has 1 aliphatic heterocycles. The molecule has 84 valence electrons. The van der Waals surface area contributed by atoms with Crippen LogP contribution in [0.2, 0.25) is 0 Å². The summed E-state index contributed by atoms with van der Waals surface area (Å²) in [5, 5.41) is 4.34. The van der Waals surface area contributed by atoms with Gasteiger partial charge in [-0.25, -0.2) is 0 Å². The number of nitrogens with two attached hydrogens (primary N) is 1. The lowest BCUT2D eigenvalue weighted by molar-refractivity contribution is 0.0155. The molecule has 2 heterocycles. The summed E-state index contributed by atoms with van der Waals surface area (Å²) < 4.78 is 2.05. The molecule has 0 unspecified atom stereocenters. The highest BCUT2D eigenvalue weighted by Crippen LogP contribution is 2.28. The van der Waals surface area contributed by atoms with E-state index in [2.05, 4.69) is 37.0 Å². The monoisotopic (exact) mass is 208 g/mol. The third-order valence-electron chi connectivity index (χ3n) is 3.08. The van der Waals surface area contributed by atoms with Gasteiger partial charge in [-0.3, -0.25) is 9.58 Å². The predicted octanol–water partition coefficient (Wildman–Crippen LogP) is 0.997. The summed E-state index contributed by atoms with van der Waals surface area (Å²) in [7, 11) is 0.